The highest BCUT2D eigenvalue weighted by Gasteiger charge is 2.26. The molecule has 1 atom stereocenters. The number of nitro groups is 1. The van der Waals surface area contributed by atoms with E-state index >= 15 is 0 Å². The molecule has 0 saturated carbocycles. The van der Waals surface area contributed by atoms with Gasteiger partial charge in [-0.05, 0) is 18.6 Å². The predicted octanol–water partition coefficient (Wildman–Crippen LogP) is 0.368. The second-order valence-corrected chi connectivity index (χ2v) is 5.80. The molecule has 2 N–H and O–H groups in total. The van der Waals surface area contributed by atoms with E-state index in [-0.39, 0.29) is 17.5 Å². The third-order valence-corrected chi connectivity index (χ3v) is 4.22. The molecule has 0 amide bonds. The minimum atomic E-state index is -3.86. The van der Waals surface area contributed by atoms with Crippen molar-refractivity contribution in [3.05, 3.63) is 28.3 Å². The lowest BCUT2D eigenvalue weighted by Gasteiger charge is -2.11. The van der Waals surface area contributed by atoms with E-state index in [9.17, 15) is 23.6 Å². The molecule has 0 aliphatic carbocycles. The zero-order valence-corrected chi connectivity index (χ0v) is 10.6. The summed E-state index contributed by atoms with van der Waals surface area (Å²) >= 11 is 0. The summed E-state index contributed by atoms with van der Waals surface area (Å²) in [6.07, 6.45) is 0.555. The minimum absolute atomic E-state index is 0.260. The molecule has 1 aromatic carbocycles. The first kappa shape index (κ1) is 13.7. The van der Waals surface area contributed by atoms with Gasteiger partial charge in [-0.3, -0.25) is 10.1 Å². The number of nitrogens with one attached hydrogen (secondary N) is 1. The highest BCUT2D eigenvalue weighted by Crippen LogP contribution is 2.28. The molecule has 8 nitrogen and oxygen atoms in total. The molecule has 104 valence electrons. The van der Waals surface area contributed by atoms with Gasteiger partial charge in [0.15, 0.2) is 5.75 Å². The Morgan fingerprint density at radius 2 is 2.21 bits per heavy atom. The van der Waals surface area contributed by atoms with Crippen LogP contribution in [-0.2, 0) is 14.8 Å². The van der Waals surface area contributed by atoms with E-state index in [1.807, 2.05) is 0 Å². The molecule has 0 spiro atoms. The standard InChI is InChI=1S/C10H12N2O6S/c13-10-2-1-8(5-9(10)12(14)15)19(16,17)11-7-3-4-18-6-7/h1-2,5,7,11,13H,3-4,6H2. The molecule has 1 aliphatic heterocycles. The van der Waals surface area contributed by atoms with Crippen molar-refractivity contribution in [3.63, 3.8) is 0 Å². The molecule has 1 unspecified atom stereocenters. The van der Waals surface area contributed by atoms with E-state index in [1.165, 1.54) is 0 Å². The number of phenolic OH excluding ortho intramolecular Hbond substituents is 1. The molecule has 2 rings (SSSR count). The Hall–Kier alpha value is -1.71. The molecule has 19 heavy (non-hydrogen) atoms. The fraction of sp³-hybridized carbons (Fsp3) is 0.400. The Balaban J connectivity index is 2.29. The van der Waals surface area contributed by atoms with Gasteiger partial charge < -0.3 is 9.84 Å². The average molecular weight is 288 g/mol. The van der Waals surface area contributed by atoms with E-state index in [1.54, 1.807) is 0 Å². The van der Waals surface area contributed by atoms with Crippen LogP contribution >= 0.6 is 0 Å². The summed E-state index contributed by atoms with van der Waals surface area (Å²) in [6.45, 7) is 0.752. The first-order valence-electron chi connectivity index (χ1n) is 5.47. The lowest BCUT2D eigenvalue weighted by atomic mass is 10.3. The van der Waals surface area contributed by atoms with Crippen LogP contribution in [0, 0.1) is 10.1 Å². The molecule has 1 saturated heterocycles. The lowest BCUT2D eigenvalue weighted by Crippen LogP contribution is -2.35. The Morgan fingerprint density at radius 3 is 2.79 bits per heavy atom. The van der Waals surface area contributed by atoms with Gasteiger partial charge in [0.2, 0.25) is 10.0 Å². The molecule has 1 aliphatic rings. The molecule has 1 fully saturated rings. The Labute approximate surface area is 109 Å². The Morgan fingerprint density at radius 1 is 1.47 bits per heavy atom. The van der Waals surface area contributed by atoms with E-state index < -0.39 is 26.4 Å². The highest BCUT2D eigenvalue weighted by molar-refractivity contribution is 7.89. The van der Waals surface area contributed by atoms with Gasteiger partial charge in [-0.25, -0.2) is 13.1 Å². The molecular formula is C10H12N2O6S. The van der Waals surface area contributed by atoms with Crippen LogP contribution < -0.4 is 4.72 Å². The van der Waals surface area contributed by atoms with Gasteiger partial charge >= 0.3 is 5.69 Å². The Bertz CT molecular complexity index is 594. The van der Waals surface area contributed by atoms with Crippen LogP contribution in [0.1, 0.15) is 6.42 Å². The number of nitrogens with zero attached hydrogens (tertiary/aromatic N) is 1. The number of sulfonamides is 1. The van der Waals surface area contributed by atoms with Gasteiger partial charge in [0.1, 0.15) is 0 Å². The van der Waals surface area contributed by atoms with Crippen molar-refractivity contribution in [1.29, 1.82) is 0 Å². The zero-order valence-electron chi connectivity index (χ0n) is 9.77. The van der Waals surface area contributed by atoms with Crippen molar-refractivity contribution in [2.24, 2.45) is 0 Å². The number of ether oxygens (including phenoxy) is 1. The topological polar surface area (TPSA) is 119 Å². The monoisotopic (exact) mass is 288 g/mol. The minimum Gasteiger partial charge on any atom is -0.502 e. The van der Waals surface area contributed by atoms with E-state index in [4.69, 9.17) is 4.74 Å². The first-order valence-corrected chi connectivity index (χ1v) is 6.96. The summed E-state index contributed by atoms with van der Waals surface area (Å²) in [4.78, 5) is 9.56. The quantitative estimate of drug-likeness (QED) is 0.610. The number of hydrogen-bond acceptors (Lipinski definition) is 6. The molecule has 1 heterocycles. The molecule has 9 heteroatoms. The van der Waals surface area contributed by atoms with Crippen LogP contribution in [0.25, 0.3) is 0 Å². The summed E-state index contributed by atoms with van der Waals surface area (Å²) in [6, 6.07) is 2.59. The molecule has 0 bridgehead atoms. The number of phenols is 1. The normalized spacial score (nSPS) is 19.5. The largest absolute Gasteiger partial charge is 0.502 e. The maximum atomic E-state index is 12.0. The number of aromatic hydroxyl groups is 1. The van der Waals surface area contributed by atoms with Gasteiger partial charge in [0, 0.05) is 18.7 Å². The van der Waals surface area contributed by atoms with E-state index in [0.717, 1.165) is 18.2 Å². The second kappa shape index (κ2) is 5.11. The van der Waals surface area contributed by atoms with Crippen LogP contribution in [0.3, 0.4) is 0 Å². The third kappa shape index (κ3) is 3.00. The SMILES string of the molecule is O=[N+]([O-])c1cc(S(=O)(=O)NC2CCOC2)ccc1O. The second-order valence-electron chi connectivity index (χ2n) is 4.09. The zero-order chi connectivity index (χ0) is 14.0. The fourth-order valence-electron chi connectivity index (χ4n) is 1.73. The highest BCUT2D eigenvalue weighted by atomic mass is 32.2. The summed E-state index contributed by atoms with van der Waals surface area (Å²) in [7, 11) is -3.86. The van der Waals surface area contributed by atoms with Crippen LogP contribution in [0.5, 0.6) is 5.75 Å². The summed E-state index contributed by atoms with van der Waals surface area (Å²) in [5.41, 5.74) is -0.648. The molecular weight excluding hydrogens is 276 g/mol. The maximum absolute atomic E-state index is 12.0. The van der Waals surface area contributed by atoms with Crippen LogP contribution in [0.2, 0.25) is 0 Å². The van der Waals surface area contributed by atoms with E-state index in [0.29, 0.717) is 13.0 Å². The van der Waals surface area contributed by atoms with Gasteiger partial charge in [0.05, 0.1) is 16.4 Å². The number of nitro benzene ring substituents is 1. The maximum Gasteiger partial charge on any atom is 0.312 e. The first-order chi connectivity index (χ1) is 8.90. The fourth-order valence-corrected chi connectivity index (χ4v) is 3.01. The third-order valence-electron chi connectivity index (χ3n) is 2.71. The predicted molar refractivity (Wildman–Crippen MR) is 64.3 cm³/mol. The van der Waals surface area contributed by atoms with Crippen molar-refractivity contribution in [1.82, 2.24) is 4.72 Å². The van der Waals surface area contributed by atoms with Crippen molar-refractivity contribution >= 4 is 15.7 Å². The van der Waals surface area contributed by atoms with Crippen molar-refractivity contribution in [3.8, 4) is 5.75 Å². The van der Waals surface area contributed by atoms with E-state index in [2.05, 4.69) is 4.72 Å². The van der Waals surface area contributed by atoms with Gasteiger partial charge in [0.25, 0.3) is 0 Å². The van der Waals surface area contributed by atoms with Gasteiger partial charge in [-0.2, -0.15) is 0 Å². The Kier molecular flexibility index (Phi) is 3.69. The molecule has 1 aromatic rings. The van der Waals surface area contributed by atoms with Crippen LogP contribution in [0.4, 0.5) is 5.69 Å². The van der Waals surface area contributed by atoms with Crippen LogP contribution in [-0.4, -0.2) is 37.7 Å². The summed E-state index contributed by atoms with van der Waals surface area (Å²) in [5.74, 6) is -0.576. The summed E-state index contributed by atoms with van der Waals surface area (Å²) < 4.78 is 31.5. The van der Waals surface area contributed by atoms with Crippen molar-refractivity contribution < 1.29 is 23.2 Å². The average Bonchev–Trinajstić information content (AvgIpc) is 2.80. The number of hydrogen-bond donors (Lipinski definition) is 2. The number of benzene rings is 1. The van der Waals surface area contributed by atoms with Crippen LogP contribution in [0.15, 0.2) is 23.1 Å². The molecule has 0 radical (unpaired) electrons. The smallest absolute Gasteiger partial charge is 0.312 e. The van der Waals surface area contributed by atoms with Crippen molar-refractivity contribution in [2.45, 2.75) is 17.4 Å². The number of rotatable bonds is 4. The summed E-state index contributed by atoms with van der Waals surface area (Å²) in [5, 5.41) is 19.9. The van der Waals surface area contributed by atoms with Crippen molar-refractivity contribution in [2.75, 3.05) is 13.2 Å². The lowest BCUT2D eigenvalue weighted by molar-refractivity contribution is -0.386. The van der Waals surface area contributed by atoms with Gasteiger partial charge in [-0.1, -0.05) is 0 Å². The van der Waals surface area contributed by atoms with Gasteiger partial charge in [-0.15, -0.1) is 0 Å². The molecule has 0 aromatic heterocycles.